The third-order valence-electron chi connectivity index (χ3n) is 3.83. The number of rotatable bonds is 6. The minimum absolute atomic E-state index is 0.0562. The molecule has 1 amide bonds. The van der Waals surface area contributed by atoms with Gasteiger partial charge < -0.3 is 14.1 Å². The first-order valence-electron chi connectivity index (χ1n) is 7.27. The number of ether oxygens (including phenoxy) is 1. The lowest BCUT2D eigenvalue weighted by molar-refractivity contribution is -0.119. The van der Waals surface area contributed by atoms with Gasteiger partial charge in [-0.1, -0.05) is 0 Å². The highest BCUT2D eigenvalue weighted by Crippen LogP contribution is 2.23. The number of hydrogen-bond acceptors (Lipinski definition) is 5. The van der Waals surface area contributed by atoms with Gasteiger partial charge in [0.1, 0.15) is 5.76 Å². The standard InChI is InChI=1S/C15H20N4O3/c1-18-9-11(8-16-18)19-6-5-12(15(19)20)17-13(10-21-2)14-4-3-7-22-14/h3-4,7-9,12-13,17H,5-6,10H2,1-2H3/t12-,13-/m0/s1. The first-order chi connectivity index (χ1) is 10.7. The van der Waals surface area contributed by atoms with Crippen LogP contribution in [0.2, 0.25) is 0 Å². The summed E-state index contributed by atoms with van der Waals surface area (Å²) in [6, 6.07) is 3.33. The van der Waals surface area contributed by atoms with E-state index in [1.165, 1.54) is 0 Å². The predicted molar refractivity (Wildman–Crippen MR) is 80.4 cm³/mol. The number of carbonyl (C=O) groups excluding carboxylic acids is 1. The molecular weight excluding hydrogens is 284 g/mol. The molecule has 3 rings (SSSR count). The van der Waals surface area contributed by atoms with Crippen LogP contribution in [0.1, 0.15) is 18.2 Å². The van der Waals surface area contributed by atoms with E-state index < -0.39 is 0 Å². The number of carbonyl (C=O) groups is 1. The topological polar surface area (TPSA) is 72.5 Å². The Hall–Kier alpha value is -2.12. The zero-order chi connectivity index (χ0) is 15.5. The van der Waals surface area contributed by atoms with Crippen molar-refractivity contribution in [1.82, 2.24) is 15.1 Å². The minimum Gasteiger partial charge on any atom is -0.468 e. The van der Waals surface area contributed by atoms with Gasteiger partial charge in [-0.15, -0.1) is 0 Å². The van der Waals surface area contributed by atoms with Crippen molar-refractivity contribution in [2.75, 3.05) is 25.2 Å². The summed E-state index contributed by atoms with van der Waals surface area (Å²) in [7, 11) is 3.47. The van der Waals surface area contributed by atoms with E-state index in [0.717, 1.165) is 17.9 Å². The van der Waals surface area contributed by atoms with Crippen LogP contribution in [-0.2, 0) is 16.6 Å². The van der Waals surface area contributed by atoms with Gasteiger partial charge in [0, 0.05) is 26.9 Å². The summed E-state index contributed by atoms with van der Waals surface area (Å²) in [5.41, 5.74) is 0.832. The molecule has 0 bridgehead atoms. The Balaban J connectivity index is 1.69. The highest BCUT2D eigenvalue weighted by molar-refractivity contribution is 5.99. The van der Waals surface area contributed by atoms with Gasteiger partial charge in [-0.3, -0.25) is 14.8 Å². The molecule has 118 valence electrons. The normalized spacial score (nSPS) is 19.8. The van der Waals surface area contributed by atoms with Crippen LogP contribution in [0.15, 0.2) is 35.2 Å². The maximum Gasteiger partial charge on any atom is 0.244 e. The van der Waals surface area contributed by atoms with Crippen LogP contribution in [-0.4, -0.2) is 42.0 Å². The van der Waals surface area contributed by atoms with Gasteiger partial charge in [-0.05, 0) is 18.6 Å². The molecule has 1 aliphatic heterocycles. The smallest absolute Gasteiger partial charge is 0.244 e. The van der Waals surface area contributed by atoms with Gasteiger partial charge >= 0.3 is 0 Å². The molecule has 3 heterocycles. The van der Waals surface area contributed by atoms with Gasteiger partial charge in [0.25, 0.3) is 0 Å². The summed E-state index contributed by atoms with van der Waals surface area (Å²) in [6.07, 6.45) is 5.92. The zero-order valence-electron chi connectivity index (χ0n) is 12.7. The molecule has 0 aromatic carbocycles. The quantitative estimate of drug-likeness (QED) is 0.865. The van der Waals surface area contributed by atoms with Crippen LogP contribution < -0.4 is 10.2 Å². The van der Waals surface area contributed by atoms with E-state index in [4.69, 9.17) is 9.15 Å². The SMILES string of the molecule is COC[C@H](N[C@H]1CCN(c2cnn(C)c2)C1=O)c1ccco1. The maximum absolute atomic E-state index is 12.6. The van der Waals surface area contributed by atoms with Crippen LogP contribution in [0.5, 0.6) is 0 Å². The van der Waals surface area contributed by atoms with Gasteiger partial charge in [0.15, 0.2) is 0 Å². The van der Waals surface area contributed by atoms with Crippen molar-refractivity contribution in [3.63, 3.8) is 0 Å². The number of aromatic nitrogens is 2. The molecule has 0 unspecified atom stereocenters. The molecule has 1 aliphatic rings. The van der Waals surface area contributed by atoms with Crippen molar-refractivity contribution in [2.24, 2.45) is 7.05 Å². The first kappa shape index (κ1) is 14.8. The van der Waals surface area contributed by atoms with Crippen molar-refractivity contribution < 1.29 is 13.9 Å². The lowest BCUT2D eigenvalue weighted by Crippen LogP contribution is -2.41. The van der Waals surface area contributed by atoms with Crippen LogP contribution in [0.25, 0.3) is 0 Å². The van der Waals surface area contributed by atoms with Crippen LogP contribution in [0.3, 0.4) is 0 Å². The lowest BCUT2D eigenvalue weighted by atomic mass is 10.1. The summed E-state index contributed by atoms with van der Waals surface area (Å²) in [5.74, 6) is 0.829. The third-order valence-corrected chi connectivity index (χ3v) is 3.83. The fourth-order valence-corrected chi connectivity index (χ4v) is 2.75. The van der Waals surface area contributed by atoms with Gasteiger partial charge in [-0.2, -0.15) is 5.10 Å². The van der Waals surface area contributed by atoms with E-state index in [1.807, 2.05) is 25.4 Å². The molecule has 2 aromatic heterocycles. The van der Waals surface area contributed by atoms with E-state index >= 15 is 0 Å². The molecule has 2 atom stereocenters. The lowest BCUT2D eigenvalue weighted by Gasteiger charge is -2.20. The highest BCUT2D eigenvalue weighted by Gasteiger charge is 2.35. The summed E-state index contributed by atoms with van der Waals surface area (Å²) < 4.78 is 12.3. The largest absolute Gasteiger partial charge is 0.468 e. The molecular formula is C15H20N4O3. The molecule has 7 nitrogen and oxygen atoms in total. The fraction of sp³-hybridized carbons (Fsp3) is 0.467. The summed E-state index contributed by atoms with van der Waals surface area (Å²) in [5, 5.41) is 7.46. The minimum atomic E-state index is -0.245. The number of anilines is 1. The Kier molecular flexibility index (Phi) is 4.26. The fourth-order valence-electron chi connectivity index (χ4n) is 2.75. The van der Waals surface area contributed by atoms with E-state index in [9.17, 15) is 4.79 Å². The molecule has 0 radical (unpaired) electrons. The average Bonchev–Trinajstić information content (AvgIpc) is 3.21. The average molecular weight is 304 g/mol. The second-order valence-electron chi connectivity index (χ2n) is 5.39. The van der Waals surface area contributed by atoms with Crippen molar-refractivity contribution in [3.05, 3.63) is 36.5 Å². The Morgan fingerprint density at radius 2 is 2.45 bits per heavy atom. The van der Waals surface area contributed by atoms with Crippen molar-refractivity contribution in [2.45, 2.75) is 18.5 Å². The van der Waals surface area contributed by atoms with Crippen LogP contribution >= 0.6 is 0 Å². The molecule has 1 fully saturated rings. The number of furan rings is 1. The zero-order valence-corrected chi connectivity index (χ0v) is 12.7. The Bertz CT molecular complexity index is 623. The Morgan fingerprint density at radius 1 is 1.59 bits per heavy atom. The van der Waals surface area contributed by atoms with Crippen molar-refractivity contribution in [3.8, 4) is 0 Å². The molecule has 2 aromatic rings. The number of amides is 1. The monoisotopic (exact) mass is 304 g/mol. The molecule has 1 saturated heterocycles. The molecule has 0 spiro atoms. The van der Waals surface area contributed by atoms with Crippen LogP contribution in [0, 0.1) is 0 Å². The van der Waals surface area contributed by atoms with E-state index in [2.05, 4.69) is 10.4 Å². The maximum atomic E-state index is 12.6. The van der Waals surface area contributed by atoms with Gasteiger partial charge in [0.05, 0.1) is 36.8 Å². The number of nitrogens with one attached hydrogen (secondary N) is 1. The van der Waals surface area contributed by atoms with Crippen molar-refractivity contribution >= 4 is 11.6 Å². The first-order valence-corrected chi connectivity index (χ1v) is 7.27. The van der Waals surface area contributed by atoms with E-state index in [1.54, 1.807) is 29.2 Å². The van der Waals surface area contributed by atoms with E-state index in [-0.39, 0.29) is 18.0 Å². The Morgan fingerprint density at radius 3 is 3.09 bits per heavy atom. The second kappa shape index (κ2) is 6.33. The van der Waals surface area contributed by atoms with Gasteiger partial charge in [0.2, 0.25) is 5.91 Å². The number of hydrogen-bond donors (Lipinski definition) is 1. The Labute approximate surface area is 128 Å². The number of aryl methyl sites for hydroxylation is 1. The van der Waals surface area contributed by atoms with E-state index in [0.29, 0.717) is 13.2 Å². The highest BCUT2D eigenvalue weighted by atomic mass is 16.5. The molecule has 0 saturated carbocycles. The summed E-state index contributed by atoms with van der Waals surface area (Å²) >= 11 is 0. The van der Waals surface area contributed by atoms with Gasteiger partial charge in [-0.25, -0.2) is 0 Å². The molecule has 1 N–H and O–H groups in total. The molecule has 0 aliphatic carbocycles. The number of methoxy groups -OCH3 is 1. The molecule has 7 heteroatoms. The predicted octanol–water partition coefficient (Wildman–Crippen LogP) is 1.10. The van der Waals surface area contributed by atoms with Crippen molar-refractivity contribution in [1.29, 1.82) is 0 Å². The summed E-state index contributed by atoms with van der Waals surface area (Å²) in [6.45, 7) is 1.13. The van der Waals surface area contributed by atoms with Crippen LogP contribution in [0.4, 0.5) is 5.69 Å². The molecule has 22 heavy (non-hydrogen) atoms. The third kappa shape index (κ3) is 2.90. The second-order valence-corrected chi connectivity index (χ2v) is 5.39. The summed E-state index contributed by atoms with van der Waals surface area (Å²) in [4.78, 5) is 14.3. The number of nitrogens with zero attached hydrogens (tertiary/aromatic N) is 3.